The van der Waals surface area contributed by atoms with Crippen molar-refractivity contribution >= 4 is 39.5 Å². The summed E-state index contributed by atoms with van der Waals surface area (Å²) < 4.78 is 68.8. The fourth-order valence-electron chi connectivity index (χ4n) is 13.1. The lowest BCUT2D eigenvalue weighted by Crippen LogP contribution is -2.30. The van der Waals surface area contributed by atoms with Crippen LogP contribution >= 0.6 is 15.6 Å². The van der Waals surface area contributed by atoms with Crippen LogP contribution in [0.5, 0.6) is 0 Å². The highest BCUT2D eigenvalue weighted by molar-refractivity contribution is 7.47. The van der Waals surface area contributed by atoms with Crippen molar-refractivity contribution in [2.24, 2.45) is 5.92 Å². The second kappa shape index (κ2) is 76.8. The standard InChI is InChI=1S/C84H164O17P2/c1-6-9-12-15-18-21-24-26-28-30-32-34-36-38-40-43-48-53-58-63-68-82(87)95-73-79(100-83(88)69-64-59-54-49-44-41-39-37-35-33-31-29-27-25-22-19-16-13-10-7-2)75-98-102(90,91)96-71-78(85)72-97-103(92,93)99-76-80(74-94-81(86)67-62-57-52-47-42-23-20-17-14-11-8-3)101-84(89)70-65-60-55-50-45-46-51-56-61-66-77(4)5/h77-80,85H,6-76H2,1-5H3,(H,90,91)(H,92,93)/t78-,79-,80-/m1/s1. The molecular weight excluding hydrogens is 1340 g/mol. The first kappa shape index (κ1) is 101. The molecule has 0 radical (unpaired) electrons. The summed E-state index contributed by atoms with van der Waals surface area (Å²) in [7, 11) is -9.92. The number of phosphoric acid groups is 2. The fraction of sp³-hybridized carbons (Fsp3) is 0.952. The zero-order chi connectivity index (χ0) is 75.5. The van der Waals surface area contributed by atoms with Gasteiger partial charge in [-0.2, -0.15) is 0 Å². The maximum Gasteiger partial charge on any atom is 0.472 e. The molecule has 0 saturated heterocycles. The molecule has 612 valence electrons. The molecule has 0 heterocycles. The van der Waals surface area contributed by atoms with Gasteiger partial charge in [-0.3, -0.25) is 37.3 Å². The monoisotopic (exact) mass is 1510 g/mol. The first-order valence-electron chi connectivity index (χ1n) is 43.6. The normalized spacial score (nSPS) is 13.8. The molecule has 0 amide bonds. The van der Waals surface area contributed by atoms with E-state index in [2.05, 4.69) is 34.6 Å². The quantitative estimate of drug-likeness (QED) is 0.0222. The van der Waals surface area contributed by atoms with Gasteiger partial charge in [0.2, 0.25) is 0 Å². The Hall–Kier alpha value is -1.94. The van der Waals surface area contributed by atoms with Gasteiger partial charge in [0.1, 0.15) is 19.3 Å². The second-order valence-electron chi connectivity index (χ2n) is 30.7. The maximum atomic E-state index is 13.1. The third kappa shape index (κ3) is 78.0. The van der Waals surface area contributed by atoms with Gasteiger partial charge in [-0.15, -0.1) is 0 Å². The second-order valence-corrected chi connectivity index (χ2v) is 33.6. The lowest BCUT2D eigenvalue weighted by molar-refractivity contribution is -0.161. The van der Waals surface area contributed by atoms with Crippen molar-refractivity contribution in [1.29, 1.82) is 0 Å². The third-order valence-electron chi connectivity index (χ3n) is 19.8. The van der Waals surface area contributed by atoms with E-state index in [0.717, 1.165) is 95.8 Å². The first-order valence-corrected chi connectivity index (χ1v) is 46.6. The van der Waals surface area contributed by atoms with Crippen molar-refractivity contribution in [1.82, 2.24) is 0 Å². The molecule has 0 saturated carbocycles. The van der Waals surface area contributed by atoms with E-state index >= 15 is 0 Å². The molecule has 0 aromatic rings. The molecule has 103 heavy (non-hydrogen) atoms. The molecule has 0 spiro atoms. The largest absolute Gasteiger partial charge is 0.472 e. The minimum absolute atomic E-state index is 0.106. The molecule has 0 aromatic heterocycles. The number of phosphoric ester groups is 2. The van der Waals surface area contributed by atoms with E-state index in [4.69, 9.17) is 37.0 Å². The molecule has 0 aliphatic heterocycles. The summed E-state index contributed by atoms with van der Waals surface area (Å²) >= 11 is 0. The Bertz CT molecular complexity index is 1960. The molecule has 17 nitrogen and oxygen atoms in total. The molecule has 0 aliphatic rings. The van der Waals surface area contributed by atoms with Gasteiger partial charge in [-0.25, -0.2) is 9.13 Å². The van der Waals surface area contributed by atoms with Crippen molar-refractivity contribution in [3.63, 3.8) is 0 Å². The van der Waals surface area contributed by atoms with Gasteiger partial charge in [0, 0.05) is 25.7 Å². The van der Waals surface area contributed by atoms with Gasteiger partial charge in [-0.05, 0) is 31.6 Å². The van der Waals surface area contributed by atoms with Crippen molar-refractivity contribution in [2.45, 2.75) is 470 Å². The van der Waals surface area contributed by atoms with Gasteiger partial charge >= 0.3 is 39.5 Å². The molecule has 0 aromatic carbocycles. The summed E-state index contributed by atoms with van der Waals surface area (Å²) in [5.74, 6) is -1.37. The molecule has 2 unspecified atom stereocenters. The maximum absolute atomic E-state index is 13.1. The Labute approximate surface area is 632 Å². The van der Waals surface area contributed by atoms with Crippen LogP contribution < -0.4 is 0 Å². The van der Waals surface area contributed by atoms with Crippen LogP contribution in [0.15, 0.2) is 0 Å². The van der Waals surface area contributed by atoms with Crippen LogP contribution in [0, 0.1) is 5.92 Å². The number of hydrogen-bond acceptors (Lipinski definition) is 15. The predicted octanol–water partition coefficient (Wildman–Crippen LogP) is 25.6. The molecule has 0 aliphatic carbocycles. The van der Waals surface area contributed by atoms with Crippen LogP contribution in [0.25, 0.3) is 0 Å². The van der Waals surface area contributed by atoms with Gasteiger partial charge in [-0.1, -0.05) is 401 Å². The lowest BCUT2D eigenvalue weighted by atomic mass is 10.0. The van der Waals surface area contributed by atoms with Crippen LogP contribution in [-0.4, -0.2) is 96.7 Å². The molecule has 3 N–H and O–H groups in total. The van der Waals surface area contributed by atoms with Gasteiger partial charge in [0.25, 0.3) is 0 Å². The summed E-state index contributed by atoms with van der Waals surface area (Å²) in [5, 5.41) is 10.7. The van der Waals surface area contributed by atoms with Crippen molar-refractivity contribution in [3.8, 4) is 0 Å². The molecular formula is C84H164O17P2. The summed E-state index contributed by atoms with van der Waals surface area (Å²) in [6, 6.07) is 0. The number of esters is 4. The summed E-state index contributed by atoms with van der Waals surface area (Å²) in [4.78, 5) is 73.1. The van der Waals surface area contributed by atoms with Crippen molar-refractivity contribution in [3.05, 3.63) is 0 Å². The Balaban J connectivity index is 5.21. The van der Waals surface area contributed by atoms with Crippen LogP contribution in [0.2, 0.25) is 0 Å². The molecule has 19 heteroatoms. The Morgan fingerprint density at radius 2 is 0.447 bits per heavy atom. The summed E-state index contributed by atoms with van der Waals surface area (Å²) in [6.07, 6.45) is 69.5. The topological polar surface area (TPSA) is 237 Å². The summed E-state index contributed by atoms with van der Waals surface area (Å²) in [5.41, 5.74) is 0. The van der Waals surface area contributed by atoms with E-state index in [9.17, 15) is 43.2 Å². The zero-order valence-electron chi connectivity index (χ0n) is 67.5. The highest BCUT2D eigenvalue weighted by Crippen LogP contribution is 2.45. The number of carbonyl (C=O) groups excluding carboxylic acids is 4. The van der Waals surface area contributed by atoms with Gasteiger partial charge in [0.15, 0.2) is 12.2 Å². The molecule has 0 fully saturated rings. The van der Waals surface area contributed by atoms with E-state index < -0.39 is 97.5 Å². The molecule has 0 rings (SSSR count). The van der Waals surface area contributed by atoms with E-state index in [1.165, 1.54) is 276 Å². The smallest absolute Gasteiger partial charge is 0.462 e. The minimum Gasteiger partial charge on any atom is -0.462 e. The Morgan fingerprint density at radius 1 is 0.262 bits per heavy atom. The van der Waals surface area contributed by atoms with Crippen LogP contribution in [0.3, 0.4) is 0 Å². The van der Waals surface area contributed by atoms with Crippen molar-refractivity contribution < 1.29 is 80.2 Å². The number of carbonyl (C=O) groups is 4. The summed E-state index contributed by atoms with van der Waals surface area (Å²) in [6.45, 7) is 7.32. The SMILES string of the molecule is CCCCCCCCCCCCCCCCCCCCCCC(=O)OC[C@H](COP(=O)(O)OC[C@@H](O)COP(=O)(O)OC[C@@H](COC(=O)CCCCCCCCCCCCC)OC(=O)CCCCCCCCCCCC(C)C)OC(=O)CCCCCCCCCCCCCCCCCCCCCC. The molecule has 0 bridgehead atoms. The lowest BCUT2D eigenvalue weighted by Gasteiger charge is -2.21. The minimum atomic E-state index is -4.96. The number of aliphatic hydroxyl groups is 1. The van der Waals surface area contributed by atoms with E-state index in [-0.39, 0.29) is 25.7 Å². The average molecular weight is 1510 g/mol. The number of ether oxygens (including phenoxy) is 4. The highest BCUT2D eigenvalue weighted by atomic mass is 31.2. The van der Waals surface area contributed by atoms with Crippen LogP contribution in [0.1, 0.15) is 452 Å². The first-order chi connectivity index (χ1) is 50.0. The number of aliphatic hydroxyl groups excluding tert-OH is 1. The average Bonchev–Trinajstić information content (AvgIpc) is 0.917. The highest BCUT2D eigenvalue weighted by Gasteiger charge is 2.30. The number of rotatable bonds is 84. The van der Waals surface area contributed by atoms with Crippen LogP contribution in [0.4, 0.5) is 0 Å². The Morgan fingerprint density at radius 3 is 0.660 bits per heavy atom. The molecule has 5 atom stereocenters. The van der Waals surface area contributed by atoms with Gasteiger partial charge < -0.3 is 33.8 Å². The van der Waals surface area contributed by atoms with E-state index in [1.807, 2.05) is 0 Å². The third-order valence-corrected chi connectivity index (χ3v) is 21.7. The predicted molar refractivity (Wildman–Crippen MR) is 423 cm³/mol. The van der Waals surface area contributed by atoms with E-state index in [0.29, 0.717) is 25.7 Å². The number of unbranched alkanes of at least 4 members (excludes halogenated alkanes) is 56. The van der Waals surface area contributed by atoms with Crippen molar-refractivity contribution in [2.75, 3.05) is 39.6 Å². The van der Waals surface area contributed by atoms with E-state index in [1.54, 1.807) is 0 Å². The fourth-order valence-corrected chi connectivity index (χ4v) is 14.7. The zero-order valence-corrected chi connectivity index (χ0v) is 69.3. The van der Waals surface area contributed by atoms with Crippen LogP contribution in [-0.2, 0) is 65.4 Å². The Kier molecular flexibility index (Phi) is 75.4. The number of hydrogen-bond donors (Lipinski definition) is 3. The van der Waals surface area contributed by atoms with Gasteiger partial charge in [0.05, 0.1) is 26.4 Å².